The van der Waals surface area contributed by atoms with Crippen LogP contribution in [0.3, 0.4) is 0 Å². The van der Waals surface area contributed by atoms with E-state index in [4.69, 9.17) is 11.6 Å². The summed E-state index contributed by atoms with van der Waals surface area (Å²) in [5, 5.41) is 11.4. The summed E-state index contributed by atoms with van der Waals surface area (Å²) in [7, 11) is 0. The molecule has 0 fully saturated rings. The van der Waals surface area contributed by atoms with Crippen molar-refractivity contribution in [2.45, 2.75) is 38.7 Å². The van der Waals surface area contributed by atoms with E-state index < -0.39 is 0 Å². The molecule has 3 nitrogen and oxygen atoms in total. The van der Waals surface area contributed by atoms with E-state index in [1.54, 1.807) is 6.92 Å². The quantitative estimate of drug-likeness (QED) is 0.264. The second-order valence-corrected chi connectivity index (χ2v) is 9.07. The van der Waals surface area contributed by atoms with Gasteiger partial charge in [-0.15, -0.1) is 0 Å². The average Bonchev–Trinajstić information content (AvgIpc) is 2.83. The molecule has 4 aromatic rings. The molecule has 1 heterocycles. The fourth-order valence-electron chi connectivity index (χ4n) is 4.10. The van der Waals surface area contributed by atoms with Gasteiger partial charge in [0.15, 0.2) is 5.78 Å². The molecule has 3 aromatic carbocycles. The highest BCUT2D eigenvalue weighted by Gasteiger charge is 2.09. The first-order chi connectivity index (χ1) is 16.5. The Morgan fingerprint density at radius 1 is 0.971 bits per heavy atom. The molecule has 0 amide bonds. The van der Waals surface area contributed by atoms with E-state index in [2.05, 4.69) is 17.1 Å². The Hall–Kier alpha value is -3.27. The smallest absolute Gasteiger partial charge is 0.162 e. The highest BCUT2D eigenvalue weighted by Crippen LogP contribution is 2.20. The summed E-state index contributed by atoms with van der Waals surface area (Å²) in [5.74, 6) is 0.140. The number of carbonyl (C=O) groups is 1. The number of nitrogens with zero attached hydrogens (tertiary/aromatic N) is 1. The average molecular weight is 470 g/mol. The summed E-state index contributed by atoms with van der Waals surface area (Å²) in [4.78, 5) is 17.5. The number of carbonyl (C=O) groups excluding carboxylic acids is 1. The van der Waals surface area contributed by atoms with Crippen molar-refractivity contribution in [2.24, 2.45) is 0 Å². The summed E-state index contributed by atoms with van der Waals surface area (Å²) < 4.78 is 0. The van der Waals surface area contributed by atoms with Crippen LogP contribution in [0.15, 0.2) is 78.9 Å². The first-order valence-electron chi connectivity index (χ1n) is 11.6. The number of aliphatic hydroxyl groups excluding tert-OH is 1. The summed E-state index contributed by atoms with van der Waals surface area (Å²) in [6, 6.07) is 25.5. The molecule has 0 bridgehead atoms. The van der Waals surface area contributed by atoms with Gasteiger partial charge in [-0.2, -0.15) is 0 Å². The second-order valence-electron chi connectivity index (χ2n) is 8.63. The minimum atomic E-state index is -0.374. The SMILES string of the molecule is CC(O)Cc1ccccc1CCCC(=O)c1cccc(C=Cc2ccc3ccc(Cl)cc3n2)c1. The number of rotatable bonds is 9. The van der Waals surface area contributed by atoms with Crippen LogP contribution in [-0.4, -0.2) is 22.0 Å². The number of hydrogen-bond donors (Lipinski definition) is 1. The number of ketones is 1. The van der Waals surface area contributed by atoms with Gasteiger partial charge in [-0.1, -0.05) is 72.3 Å². The van der Waals surface area contributed by atoms with Gasteiger partial charge < -0.3 is 5.11 Å². The number of halogens is 1. The van der Waals surface area contributed by atoms with Gasteiger partial charge in [0.25, 0.3) is 0 Å². The first kappa shape index (κ1) is 23.9. The summed E-state index contributed by atoms with van der Waals surface area (Å²) in [5.41, 5.74) is 5.73. The lowest BCUT2D eigenvalue weighted by Gasteiger charge is -2.11. The second kappa shape index (κ2) is 11.2. The number of Topliss-reactive ketones (excluding diaryl/α,β-unsaturated/α-hetero) is 1. The van der Waals surface area contributed by atoms with Crippen LogP contribution < -0.4 is 0 Å². The van der Waals surface area contributed by atoms with Gasteiger partial charge in [0.1, 0.15) is 0 Å². The van der Waals surface area contributed by atoms with Crippen molar-refractivity contribution < 1.29 is 9.90 Å². The lowest BCUT2D eigenvalue weighted by atomic mass is 9.96. The summed E-state index contributed by atoms with van der Waals surface area (Å²) in [6.45, 7) is 1.80. The van der Waals surface area contributed by atoms with Crippen LogP contribution in [0.25, 0.3) is 23.1 Å². The topological polar surface area (TPSA) is 50.2 Å². The molecule has 0 aliphatic heterocycles. The zero-order chi connectivity index (χ0) is 23.9. The van der Waals surface area contributed by atoms with E-state index in [0.29, 0.717) is 17.9 Å². The zero-order valence-electron chi connectivity index (χ0n) is 19.2. The fourth-order valence-corrected chi connectivity index (χ4v) is 4.27. The highest BCUT2D eigenvalue weighted by atomic mass is 35.5. The molecule has 0 saturated heterocycles. The Morgan fingerprint density at radius 3 is 2.59 bits per heavy atom. The van der Waals surface area contributed by atoms with Crippen LogP contribution in [-0.2, 0) is 12.8 Å². The molecule has 0 aliphatic carbocycles. The summed E-state index contributed by atoms with van der Waals surface area (Å²) >= 11 is 6.09. The number of benzene rings is 3. The van der Waals surface area contributed by atoms with Crippen molar-refractivity contribution in [1.29, 1.82) is 0 Å². The minimum absolute atomic E-state index is 0.140. The predicted molar refractivity (Wildman–Crippen MR) is 141 cm³/mol. The normalized spacial score (nSPS) is 12.3. The molecular formula is C30H28ClNO2. The maximum atomic E-state index is 12.8. The van der Waals surface area contributed by atoms with Crippen LogP contribution >= 0.6 is 11.6 Å². The molecule has 0 aliphatic rings. The zero-order valence-corrected chi connectivity index (χ0v) is 20.0. The van der Waals surface area contributed by atoms with Crippen LogP contribution in [0, 0.1) is 0 Å². The minimum Gasteiger partial charge on any atom is -0.393 e. The van der Waals surface area contributed by atoms with E-state index in [9.17, 15) is 9.90 Å². The van der Waals surface area contributed by atoms with E-state index in [1.165, 1.54) is 5.56 Å². The molecule has 0 saturated carbocycles. The van der Waals surface area contributed by atoms with Gasteiger partial charge in [-0.05, 0) is 73.2 Å². The summed E-state index contributed by atoms with van der Waals surface area (Å²) in [6.07, 6.45) is 6.28. The van der Waals surface area contributed by atoms with Gasteiger partial charge in [-0.3, -0.25) is 4.79 Å². The largest absolute Gasteiger partial charge is 0.393 e. The van der Waals surface area contributed by atoms with Crippen LogP contribution in [0.2, 0.25) is 5.02 Å². The third kappa shape index (κ3) is 6.40. The van der Waals surface area contributed by atoms with Gasteiger partial charge in [0.05, 0.1) is 17.3 Å². The molecule has 172 valence electrons. The van der Waals surface area contributed by atoms with Gasteiger partial charge >= 0.3 is 0 Å². The van der Waals surface area contributed by atoms with Crippen molar-refractivity contribution >= 4 is 40.4 Å². The first-order valence-corrected chi connectivity index (χ1v) is 12.0. The molecule has 1 unspecified atom stereocenters. The number of aromatic nitrogens is 1. The molecular weight excluding hydrogens is 442 g/mol. The Balaban J connectivity index is 1.39. The monoisotopic (exact) mass is 469 g/mol. The number of aryl methyl sites for hydroxylation is 1. The molecule has 4 rings (SSSR count). The fraction of sp³-hybridized carbons (Fsp3) is 0.200. The third-order valence-corrected chi connectivity index (χ3v) is 6.05. The number of pyridine rings is 1. The van der Waals surface area contributed by atoms with E-state index in [1.807, 2.05) is 78.9 Å². The van der Waals surface area contributed by atoms with E-state index >= 15 is 0 Å². The number of fused-ring (bicyclic) bond motifs is 1. The van der Waals surface area contributed by atoms with Crippen LogP contribution in [0.4, 0.5) is 0 Å². The molecule has 1 atom stereocenters. The van der Waals surface area contributed by atoms with Gasteiger partial charge in [-0.25, -0.2) is 4.98 Å². The highest BCUT2D eigenvalue weighted by molar-refractivity contribution is 6.31. The van der Waals surface area contributed by atoms with Crippen molar-refractivity contribution in [2.75, 3.05) is 0 Å². The van der Waals surface area contributed by atoms with Crippen molar-refractivity contribution in [3.05, 3.63) is 112 Å². The standard InChI is InChI=1S/C30H28ClNO2/c1-21(33)18-25-8-3-2-7-23(25)9-5-11-30(34)26-10-4-6-22(19-26)12-16-28-17-14-24-13-15-27(31)20-29(24)32-28/h2-4,6-8,10,12-17,19-21,33H,5,9,11,18H2,1H3. The Bertz CT molecular complexity index is 1330. The van der Waals surface area contributed by atoms with Gasteiger partial charge in [0.2, 0.25) is 0 Å². The van der Waals surface area contributed by atoms with Crippen molar-refractivity contribution in [1.82, 2.24) is 4.98 Å². The maximum absolute atomic E-state index is 12.8. The Kier molecular flexibility index (Phi) is 7.89. The van der Waals surface area contributed by atoms with Gasteiger partial charge in [0, 0.05) is 22.4 Å². The maximum Gasteiger partial charge on any atom is 0.162 e. The van der Waals surface area contributed by atoms with Crippen molar-refractivity contribution in [3.63, 3.8) is 0 Å². The van der Waals surface area contributed by atoms with E-state index in [-0.39, 0.29) is 11.9 Å². The number of aliphatic hydroxyl groups is 1. The van der Waals surface area contributed by atoms with Crippen LogP contribution in [0.1, 0.15) is 52.5 Å². The lowest BCUT2D eigenvalue weighted by Crippen LogP contribution is -2.07. The molecule has 0 radical (unpaired) electrons. The molecule has 34 heavy (non-hydrogen) atoms. The Labute approximate surface area is 205 Å². The Morgan fingerprint density at radius 2 is 1.76 bits per heavy atom. The molecule has 0 spiro atoms. The molecule has 1 aromatic heterocycles. The van der Waals surface area contributed by atoms with Crippen LogP contribution in [0.5, 0.6) is 0 Å². The lowest BCUT2D eigenvalue weighted by molar-refractivity contribution is 0.0980. The molecule has 1 N–H and O–H groups in total. The molecule has 4 heteroatoms. The number of hydrogen-bond acceptors (Lipinski definition) is 3. The van der Waals surface area contributed by atoms with E-state index in [0.717, 1.165) is 46.1 Å². The predicted octanol–water partition coefficient (Wildman–Crippen LogP) is 7.19. The third-order valence-electron chi connectivity index (χ3n) is 5.81. The van der Waals surface area contributed by atoms with Crippen molar-refractivity contribution in [3.8, 4) is 0 Å².